The van der Waals surface area contributed by atoms with Crippen molar-refractivity contribution in [3.05, 3.63) is 0 Å². The second-order valence-electron chi connectivity index (χ2n) is 6.29. The molecule has 0 spiro atoms. The SMILES string of the molecule is CCCCCCCC[C@@H](NC(=O)C1CCCCC1)C(=O)O. The molecule has 0 radical (unpaired) electrons. The molecule has 21 heavy (non-hydrogen) atoms. The lowest BCUT2D eigenvalue weighted by Crippen LogP contribution is -2.44. The van der Waals surface area contributed by atoms with Gasteiger partial charge in [-0.3, -0.25) is 4.79 Å². The molecule has 1 fully saturated rings. The van der Waals surface area contributed by atoms with Crippen LogP contribution in [0.1, 0.15) is 84.0 Å². The Hall–Kier alpha value is -1.06. The van der Waals surface area contributed by atoms with Gasteiger partial charge < -0.3 is 10.4 Å². The van der Waals surface area contributed by atoms with Crippen LogP contribution in [-0.4, -0.2) is 23.0 Å². The molecular formula is C17H31NO3. The Kier molecular flexibility index (Phi) is 9.11. The summed E-state index contributed by atoms with van der Waals surface area (Å²) in [5.74, 6) is -0.911. The van der Waals surface area contributed by atoms with Crippen LogP contribution in [0.2, 0.25) is 0 Å². The van der Waals surface area contributed by atoms with Gasteiger partial charge in [-0.1, -0.05) is 64.7 Å². The molecule has 0 aromatic carbocycles. The van der Waals surface area contributed by atoms with Gasteiger partial charge >= 0.3 is 5.97 Å². The van der Waals surface area contributed by atoms with Crippen LogP contribution in [0.3, 0.4) is 0 Å². The first-order valence-corrected chi connectivity index (χ1v) is 8.68. The third-order valence-electron chi connectivity index (χ3n) is 4.44. The minimum absolute atomic E-state index is 0.0326. The normalized spacial score (nSPS) is 17.4. The number of hydrogen-bond acceptors (Lipinski definition) is 2. The van der Waals surface area contributed by atoms with Crippen molar-refractivity contribution in [1.82, 2.24) is 5.32 Å². The molecule has 0 unspecified atom stereocenters. The first-order valence-electron chi connectivity index (χ1n) is 8.68. The van der Waals surface area contributed by atoms with Crippen LogP contribution in [-0.2, 0) is 9.59 Å². The maximum absolute atomic E-state index is 12.1. The minimum atomic E-state index is -0.896. The van der Waals surface area contributed by atoms with Crippen LogP contribution in [0.15, 0.2) is 0 Å². The molecule has 1 atom stereocenters. The van der Waals surface area contributed by atoms with Crippen molar-refractivity contribution < 1.29 is 14.7 Å². The van der Waals surface area contributed by atoms with E-state index in [0.717, 1.165) is 44.9 Å². The average Bonchev–Trinajstić information content (AvgIpc) is 2.50. The number of carbonyl (C=O) groups excluding carboxylic acids is 1. The fourth-order valence-electron chi connectivity index (χ4n) is 3.04. The molecule has 1 rings (SSSR count). The lowest BCUT2D eigenvalue weighted by Gasteiger charge is -2.23. The van der Waals surface area contributed by atoms with Gasteiger partial charge in [0.05, 0.1) is 0 Å². The molecule has 2 N–H and O–H groups in total. The molecular weight excluding hydrogens is 266 g/mol. The number of amides is 1. The Labute approximate surface area is 128 Å². The summed E-state index contributed by atoms with van der Waals surface area (Å²) >= 11 is 0. The molecule has 4 heteroatoms. The van der Waals surface area contributed by atoms with Gasteiger partial charge in [0.1, 0.15) is 6.04 Å². The van der Waals surface area contributed by atoms with E-state index in [1.54, 1.807) is 0 Å². The van der Waals surface area contributed by atoms with Gasteiger partial charge in [-0.05, 0) is 19.3 Å². The highest BCUT2D eigenvalue weighted by Crippen LogP contribution is 2.24. The van der Waals surface area contributed by atoms with Crippen LogP contribution >= 0.6 is 0 Å². The topological polar surface area (TPSA) is 66.4 Å². The van der Waals surface area contributed by atoms with Crippen LogP contribution < -0.4 is 5.32 Å². The maximum Gasteiger partial charge on any atom is 0.326 e. The molecule has 0 bridgehead atoms. The number of carboxylic acids is 1. The monoisotopic (exact) mass is 297 g/mol. The zero-order valence-electron chi connectivity index (χ0n) is 13.4. The summed E-state index contributed by atoms with van der Waals surface area (Å²) in [6.45, 7) is 2.18. The standard InChI is InChI=1S/C17H31NO3/c1-2-3-4-5-6-10-13-15(17(20)21)18-16(19)14-11-8-7-9-12-14/h14-15H,2-13H2,1H3,(H,18,19)(H,20,21)/t15-/m1/s1. The van der Waals surface area contributed by atoms with E-state index in [-0.39, 0.29) is 11.8 Å². The van der Waals surface area contributed by atoms with Crippen molar-refractivity contribution >= 4 is 11.9 Å². The van der Waals surface area contributed by atoms with Crippen molar-refractivity contribution in [3.63, 3.8) is 0 Å². The quantitative estimate of drug-likeness (QED) is 0.601. The van der Waals surface area contributed by atoms with Crippen molar-refractivity contribution in [2.75, 3.05) is 0 Å². The first-order chi connectivity index (χ1) is 10.1. The number of rotatable bonds is 10. The van der Waals surface area contributed by atoms with Gasteiger partial charge in [-0.2, -0.15) is 0 Å². The highest BCUT2D eigenvalue weighted by molar-refractivity contribution is 5.84. The molecule has 122 valence electrons. The molecule has 1 aliphatic rings. The molecule has 0 aromatic heterocycles. The Morgan fingerprint density at radius 1 is 1.05 bits per heavy atom. The fourth-order valence-corrected chi connectivity index (χ4v) is 3.04. The Morgan fingerprint density at radius 3 is 2.29 bits per heavy atom. The van der Waals surface area contributed by atoms with Gasteiger partial charge in [0.15, 0.2) is 0 Å². The lowest BCUT2D eigenvalue weighted by atomic mass is 9.88. The van der Waals surface area contributed by atoms with E-state index in [1.807, 2.05) is 0 Å². The third kappa shape index (κ3) is 7.49. The highest BCUT2D eigenvalue weighted by atomic mass is 16.4. The number of hydrogen-bond donors (Lipinski definition) is 2. The zero-order chi connectivity index (χ0) is 15.5. The summed E-state index contributed by atoms with van der Waals surface area (Å²) in [4.78, 5) is 23.4. The summed E-state index contributed by atoms with van der Waals surface area (Å²) < 4.78 is 0. The lowest BCUT2D eigenvalue weighted by molar-refractivity contribution is -0.142. The molecule has 4 nitrogen and oxygen atoms in total. The minimum Gasteiger partial charge on any atom is -0.480 e. The van der Waals surface area contributed by atoms with Crippen molar-refractivity contribution in [1.29, 1.82) is 0 Å². The highest BCUT2D eigenvalue weighted by Gasteiger charge is 2.25. The number of aliphatic carboxylic acids is 1. The van der Waals surface area contributed by atoms with Crippen LogP contribution in [0, 0.1) is 5.92 Å². The summed E-state index contributed by atoms with van der Waals surface area (Å²) in [5.41, 5.74) is 0. The van der Waals surface area contributed by atoms with E-state index in [0.29, 0.717) is 6.42 Å². The van der Waals surface area contributed by atoms with Gasteiger partial charge in [-0.25, -0.2) is 4.79 Å². The van der Waals surface area contributed by atoms with Gasteiger partial charge in [0, 0.05) is 5.92 Å². The predicted octanol–water partition coefficient (Wildman–Crippen LogP) is 3.89. The van der Waals surface area contributed by atoms with Crippen LogP contribution in [0.5, 0.6) is 0 Å². The van der Waals surface area contributed by atoms with E-state index in [9.17, 15) is 14.7 Å². The maximum atomic E-state index is 12.1. The predicted molar refractivity (Wildman–Crippen MR) is 84.1 cm³/mol. The Balaban J connectivity index is 2.25. The largest absolute Gasteiger partial charge is 0.480 e. The van der Waals surface area contributed by atoms with E-state index in [1.165, 1.54) is 25.7 Å². The van der Waals surface area contributed by atoms with Crippen molar-refractivity contribution in [2.45, 2.75) is 90.0 Å². The van der Waals surface area contributed by atoms with E-state index < -0.39 is 12.0 Å². The summed E-state index contributed by atoms with van der Waals surface area (Å²) in [6.07, 6.45) is 12.6. The fraction of sp³-hybridized carbons (Fsp3) is 0.882. The first kappa shape index (κ1) is 18.0. The zero-order valence-corrected chi connectivity index (χ0v) is 13.4. The molecule has 1 saturated carbocycles. The number of carboxylic acid groups (broad SMARTS) is 1. The molecule has 0 saturated heterocycles. The smallest absolute Gasteiger partial charge is 0.326 e. The molecule has 0 aromatic rings. The van der Waals surface area contributed by atoms with E-state index >= 15 is 0 Å². The third-order valence-corrected chi connectivity index (χ3v) is 4.44. The van der Waals surface area contributed by atoms with E-state index in [2.05, 4.69) is 12.2 Å². The van der Waals surface area contributed by atoms with Gasteiger partial charge in [-0.15, -0.1) is 0 Å². The number of nitrogens with one attached hydrogen (secondary N) is 1. The van der Waals surface area contributed by atoms with Crippen molar-refractivity contribution in [2.24, 2.45) is 5.92 Å². The number of carbonyl (C=O) groups is 2. The molecule has 1 aliphatic carbocycles. The molecule has 1 amide bonds. The average molecular weight is 297 g/mol. The van der Waals surface area contributed by atoms with Crippen molar-refractivity contribution in [3.8, 4) is 0 Å². The van der Waals surface area contributed by atoms with Gasteiger partial charge in [0.2, 0.25) is 5.91 Å². The van der Waals surface area contributed by atoms with Crippen LogP contribution in [0.25, 0.3) is 0 Å². The number of unbranched alkanes of at least 4 members (excludes halogenated alkanes) is 5. The summed E-state index contributed by atoms with van der Waals surface area (Å²) in [6, 6.07) is -0.703. The summed E-state index contributed by atoms with van der Waals surface area (Å²) in [5, 5.41) is 12.0. The second kappa shape index (κ2) is 10.6. The Morgan fingerprint density at radius 2 is 1.67 bits per heavy atom. The molecule has 0 heterocycles. The Bertz CT molecular complexity index is 311. The second-order valence-corrected chi connectivity index (χ2v) is 6.29. The molecule has 0 aliphatic heterocycles. The van der Waals surface area contributed by atoms with Crippen LogP contribution in [0.4, 0.5) is 0 Å². The summed E-state index contributed by atoms with van der Waals surface area (Å²) in [7, 11) is 0. The van der Waals surface area contributed by atoms with E-state index in [4.69, 9.17) is 0 Å². The van der Waals surface area contributed by atoms with Gasteiger partial charge in [0.25, 0.3) is 0 Å².